The van der Waals surface area contributed by atoms with Crippen molar-refractivity contribution in [2.24, 2.45) is 4.99 Å². The first-order valence-corrected chi connectivity index (χ1v) is 9.48. The lowest BCUT2D eigenvalue weighted by molar-refractivity contribution is -0.115. The van der Waals surface area contributed by atoms with E-state index in [1.807, 2.05) is 30.3 Å². The second-order valence-corrected chi connectivity index (χ2v) is 7.25. The quantitative estimate of drug-likeness (QED) is 0.571. The molecule has 1 N–H and O–H groups in total. The van der Waals surface area contributed by atoms with Crippen LogP contribution in [0.2, 0.25) is 0 Å². The zero-order chi connectivity index (χ0) is 18.5. The van der Waals surface area contributed by atoms with Gasteiger partial charge in [-0.1, -0.05) is 28.1 Å². The normalized spacial score (nSPS) is 16.8. The molecule has 1 aliphatic rings. The Bertz CT molecular complexity index is 890. The first kappa shape index (κ1) is 18.4. The standard InChI is InChI=1S/C19H15BrN2O3S/c1-2-25-18(24)13-5-9-15(10-6-13)21-19-22-17(23)16(26-19)11-12-3-7-14(20)8-4-12/h3-11H,2H2,1H3,(H,21,22,23)/b16-11-. The number of benzene rings is 2. The summed E-state index contributed by atoms with van der Waals surface area (Å²) in [5.74, 6) is -0.547. The van der Waals surface area contributed by atoms with E-state index in [1.165, 1.54) is 11.8 Å². The number of hydrogen-bond donors (Lipinski definition) is 1. The molecule has 0 bridgehead atoms. The number of halogens is 1. The number of amidine groups is 1. The molecule has 1 saturated heterocycles. The van der Waals surface area contributed by atoms with Gasteiger partial charge in [-0.15, -0.1) is 0 Å². The van der Waals surface area contributed by atoms with Gasteiger partial charge >= 0.3 is 5.97 Å². The molecule has 5 nitrogen and oxygen atoms in total. The summed E-state index contributed by atoms with van der Waals surface area (Å²) in [7, 11) is 0. The fraction of sp³-hybridized carbons (Fsp3) is 0.105. The zero-order valence-corrected chi connectivity index (χ0v) is 16.3. The summed E-state index contributed by atoms with van der Waals surface area (Å²) in [6.45, 7) is 2.09. The number of amides is 1. The van der Waals surface area contributed by atoms with E-state index in [1.54, 1.807) is 31.2 Å². The number of carbonyl (C=O) groups is 2. The predicted octanol–water partition coefficient (Wildman–Crippen LogP) is 4.52. The highest BCUT2D eigenvalue weighted by molar-refractivity contribution is 9.10. The molecule has 0 unspecified atom stereocenters. The Morgan fingerprint density at radius 2 is 1.88 bits per heavy atom. The van der Waals surface area contributed by atoms with Crippen LogP contribution in [0.25, 0.3) is 6.08 Å². The largest absolute Gasteiger partial charge is 0.462 e. The number of rotatable bonds is 4. The molecule has 0 saturated carbocycles. The molecule has 2 aromatic rings. The van der Waals surface area contributed by atoms with E-state index >= 15 is 0 Å². The number of thioether (sulfide) groups is 1. The maximum atomic E-state index is 12.1. The van der Waals surface area contributed by atoms with Crippen molar-refractivity contribution in [2.45, 2.75) is 6.92 Å². The summed E-state index contributed by atoms with van der Waals surface area (Å²) in [6.07, 6.45) is 1.82. The molecular weight excluding hydrogens is 416 g/mol. The first-order chi connectivity index (χ1) is 12.5. The van der Waals surface area contributed by atoms with Crippen molar-refractivity contribution < 1.29 is 14.3 Å². The molecule has 1 amide bonds. The average molecular weight is 431 g/mol. The highest BCUT2D eigenvalue weighted by Crippen LogP contribution is 2.28. The third-order valence-electron chi connectivity index (χ3n) is 3.43. The van der Waals surface area contributed by atoms with Gasteiger partial charge in [-0.2, -0.15) is 0 Å². The average Bonchev–Trinajstić information content (AvgIpc) is 2.97. The van der Waals surface area contributed by atoms with Crippen LogP contribution in [0.15, 0.2) is 62.9 Å². The van der Waals surface area contributed by atoms with Gasteiger partial charge in [0.15, 0.2) is 5.17 Å². The Morgan fingerprint density at radius 1 is 1.19 bits per heavy atom. The van der Waals surface area contributed by atoms with Crippen LogP contribution in [0.3, 0.4) is 0 Å². The predicted molar refractivity (Wildman–Crippen MR) is 107 cm³/mol. The fourth-order valence-corrected chi connectivity index (χ4v) is 3.30. The molecule has 0 radical (unpaired) electrons. The summed E-state index contributed by atoms with van der Waals surface area (Å²) in [6, 6.07) is 14.4. The molecule has 1 fully saturated rings. The van der Waals surface area contributed by atoms with E-state index in [4.69, 9.17) is 4.74 Å². The molecule has 132 valence electrons. The summed E-state index contributed by atoms with van der Waals surface area (Å²) in [4.78, 5) is 28.7. The highest BCUT2D eigenvalue weighted by atomic mass is 79.9. The van der Waals surface area contributed by atoms with Crippen LogP contribution in [-0.2, 0) is 9.53 Å². The van der Waals surface area contributed by atoms with Gasteiger partial charge in [-0.3, -0.25) is 4.79 Å². The third-order valence-corrected chi connectivity index (χ3v) is 4.87. The van der Waals surface area contributed by atoms with E-state index in [2.05, 4.69) is 26.2 Å². The molecule has 2 aromatic carbocycles. The van der Waals surface area contributed by atoms with Crippen LogP contribution in [0, 0.1) is 0 Å². The minimum atomic E-state index is -0.366. The molecule has 0 aromatic heterocycles. The number of aliphatic imine (C=N–C) groups is 1. The Balaban J connectivity index is 1.73. The van der Waals surface area contributed by atoms with Gasteiger partial charge in [0.2, 0.25) is 0 Å². The number of nitrogens with zero attached hydrogens (tertiary/aromatic N) is 1. The van der Waals surface area contributed by atoms with Crippen LogP contribution in [-0.4, -0.2) is 23.7 Å². The summed E-state index contributed by atoms with van der Waals surface area (Å²) < 4.78 is 5.93. The van der Waals surface area contributed by atoms with E-state index in [0.29, 0.717) is 27.9 Å². The van der Waals surface area contributed by atoms with Crippen LogP contribution in [0.4, 0.5) is 5.69 Å². The molecule has 0 aliphatic carbocycles. The lowest BCUT2D eigenvalue weighted by Crippen LogP contribution is -2.19. The number of esters is 1. The van der Waals surface area contributed by atoms with Gasteiger partial charge in [0.05, 0.1) is 22.8 Å². The van der Waals surface area contributed by atoms with Gasteiger partial charge in [-0.25, -0.2) is 9.79 Å². The summed E-state index contributed by atoms with van der Waals surface area (Å²) >= 11 is 4.66. The minimum absolute atomic E-state index is 0.181. The SMILES string of the molecule is CCOC(=O)c1ccc(N=C2NC(=O)/C(=C/c3ccc(Br)cc3)S2)cc1. The van der Waals surface area contributed by atoms with Crippen molar-refractivity contribution in [3.8, 4) is 0 Å². The smallest absolute Gasteiger partial charge is 0.338 e. The van der Waals surface area contributed by atoms with Gasteiger partial charge in [-0.05, 0) is 66.7 Å². The van der Waals surface area contributed by atoms with E-state index in [9.17, 15) is 9.59 Å². The number of nitrogens with one attached hydrogen (secondary N) is 1. The highest BCUT2D eigenvalue weighted by Gasteiger charge is 2.23. The molecule has 26 heavy (non-hydrogen) atoms. The van der Waals surface area contributed by atoms with E-state index < -0.39 is 0 Å². The van der Waals surface area contributed by atoms with Crippen LogP contribution >= 0.6 is 27.7 Å². The lowest BCUT2D eigenvalue weighted by atomic mass is 10.2. The molecule has 1 heterocycles. The maximum absolute atomic E-state index is 12.1. The second kappa shape index (κ2) is 8.33. The second-order valence-electron chi connectivity index (χ2n) is 5.30. The van der Waals surface area contributed by atoms with Crippen molar-refractivity contribution in [2.75, 3.05) is 6.61 Å². The van der Waals surface area contributed by atoms with Crippen molar-refractivity contribution in [3.63, 3.8) is 0 Å². The topological polar surface area (TPSA) is 67.8 Å². The number of ether oxygens (including phenoxy) is 1. The third kappa shape index (κ3) is 4.62. The molecule has 0 atom stereocenters. The maximum Gasteiger partial charge on any atom is 0.338 e. The van der Waals surface area contributed by atoms with E-state index in [-0.39, 0.29) is 11.9 Å². The number of hydrogen-bond acceptors (Lipinski definition) is 5. The lowest BCUT2D eigenvalue weighted by Gasteiger charge is -2.02. The van der Waals surface area contributed by atoms with Crippen LogP contribution in [0.5, 0.6) is 0 Å². The zero-order valence-electron chi connectivity index (χ0n) is 13.9. The van der Waals surface area contributed by atoms with Gasteiger partial charge in [0.1, 0.15) is 0 Å². The Hall–Kier alpha value is -2.38. The molecule has 1 aliphatic heterocycles. The summed E-state index contributed by atoms with van der Waals surface area (Å²) in [5.41, 5.74) is 2.05. The van der Waals surface area contributed by atoms with Crippen molar-refractivity contribution in [1.29, 1.82) is 0 Å². The molecule has 7 heteroatoms. The van der Waals surface area contributed by atoms with Crippen LogP contribution < -0.4 is 5.32 Å². The molecule has 0 spiro atoms. The van der Waals surface area contributed by atoms with Crippen molar-refractivity contribution >= 4 is 56.5 Å². The minimum Gasteiger partial charge on any atom is -0.462 e. The van der Waals surface area contributed by atoms with Gasteiger partial charge in [0, 0.05) is 4.47 Å². The van der Waals surface area contributed by atoms with Gasteiger partial charge in [0.25, 0.3) is 5.91 Å². The Kier molecular flexibility index (Phi) is 5.90. The van der Waals surface area contributed by atoms with Crippen molar-refractivity contribution in [3.05, 3.63) is 69.0 Å². The number of carbonyl (C=O) groups excluding carboxylic acids is 2. The van der Waals surface area contributed by atoms with Gasteiger partial charge < -0.3 is 10.1 Å². The Morgan fingerprint density at radius 3 is 2.54 bits per heavy atom. The monoisotopic (exact) mass is 430 g/mol. The molecule has 3 rings (SSSR count). The van der Waals surface area contributed by atoms with Crippen LogP contribution in [0.1, 0.15) is 22.8 Å². The Labute approximate surface area is 163 Å². The molecular formula is C19H15BrN2O3S. The summed E-state index contributed by atoms with van der Waals surface area (Å²) in [5, 5.41) is 3.25. The first-order valence-electron chi connectivity index (χ1n) is 7.87. The van der Waals surface area contributed by atoms with E-state index in [0.717, 1.165) is 10.0 Å². The fourth-order valence-electron chi connectivity index (χ4n) is 2.19. The van der Waals surface area contributed by atoms with Crippen molar-refractivity contribution in [1.82, 2.24) is 5.32 Å².